The number of nitrogens with zero attached hydrogens (tertiary/aromatic N) is 2. The van der Waals surface area contributed by atoms with Crippen molar-refractivity contribution in [1.29, 1.82) is 0 Å². The smallest absolute Gasteiger partial charge is 0.343 e. The standard InChI is InChI=1S/C36H32N2O6/c39-32-28-15-14-21(20-6-2-1-3-7-20)18-29(28)33(40)37(32)25-9-4-8-24(17-25)36(43)44-27-11-5-10-26(19-27)38-34(41)30-22-12-13-23(16-22)31(30)35(38)42/h1-11,17,19,21-23,28-31H,12-16,18H2/t21-,22-,23+,28+,29+,30-,31+/m0/s1. The zero-order chi connectivity index (χ0) is 30.1. The maximum atomic E-state index is 13.6. The van der Waals surface area contributed by atoms with Crippen molar-refractivity contribution in [3.63, 3.8) is 0 Å². The fraction of sp³-hybridized carbons (Fsp3) is 0.361. The lowest BCUT2D eigenvalue weighted by Crippen LogP contribution is -2.32. The van der Waals surface area contributed by atoms with Crippen LogP contribution in [0, 0.1) is 35.5 Å². The zero-order valence-corrected chi connectivity index (χ0v) is 24.1. The van der Waals surface area contributed by atoms with Crippen LogP contribution in [0.15, 0.2) is 78.9 Å². The van der Waals surface area contributed by atoms with Crippen molar-refractivity contribution in [2.75, 3.05) is 9.80 Å². The van der Waals surface area contributed by atoms with Crippen molar-refractivity contribution in [2.45, 2.75) is 44.4 Å². The fourth-order valence-corrected chi connectivity index (χ4v) is 8.75. The van der Waals surface area contributed by atoms with Crippen molar-refractivity contribution in [3.8, 4) is 5.75 Å². The van der Waals surface area contributed by atoms with Crippen LogP contribution in [-0.2, 0) is 19.2 Å². The molecule has 5 fully saturated rings. The molecule has 3 aromatic carbocycles. The summed E-state index contributed by atoms with van der Waals surface area (Å²) in [4.78, 5) is 69.3. The zero-order valence-electron chi connectivity index (χ0n) is 24.1. The molecule has 3 aromatic rings. The van der Waals surface area contributed by atoms with Gasteiger partial charge in [0.25, 0.3) is 0 Å². The molecule has 7 atom stereocenters. The third-order valence-electron chi connectivity index (χ3n) is 10.8. The molecular formula is C36H32N2O6. The summed E-state index contributed by atoms with van der Waals surface area (Å²) in [6.45, 7) is 0. The van der Waals surface area contributed by atoms with Crippen LogP contribution >= 0.6 is 0 Å². The molecule has 8 rings (SSSR count). The van der Waals surface area contributed by atoms with Gasteiger partial charge in [0.1, 0.15) is 5.75 Å². The van der Waals surface area contributed by atoms with E-state index in [9.17, 15) is 24.0 Å². The highest BCUT2D eigenvalue weighted by molar-refractivity contribution is 6.23. The van der Waals surface area contributed by atoms with Crippen LogP contribution in [0.4, 0.5) is 11.4 Å². The number of rotatable bonds is 5. The molecule has 4 amide bonds. The molecule has 0 radical (unpaired) electrons. The summed E-state index contributed by atoms with van der Waals surface area (Å²) in [5, 5.41) is 0. The summed E-state index contributed by atoms with van der Waals surface area (Å²) < 4.78 is 5.67. The van der Waals surface area contributed by atoms with Crippen LogP contribution in [0.2, 0.25) is 0 Å². The van der Waals surface area contributed by atoms with Crippen molar-refractivity contribution in [1.82, 2.24) is 0 Å². The Morgan fingerprint density at radius 1 is 0.614 bits per heavy atom. The van der Waals surface area contributed by atoms with Gasteiger partial charge >= 0.3 is 5.97 Å². The average Bonchev–Trinajstić information content (AvgIpc) is 3.79. The summed E-state index contributed by atoms with van der Waals surface area (Å²) in [6, 6.07) is 23.0. The number of imide groups is 2. The SMILES string of the molecule is O=C(Oc1cccc(N2C(=O)[C@@H]3[C@@H]4CC[C@@H](C4)[C@@H]3C2=O)c1)c1cccc(N2C(=O)[C@@H]3CC[C@H](c4ccccc4)C[C@H]3C2=O)c1. The maximum absolute atomic E-state index is 13.6. The predicted octanol–water partition coefficient (Wildman–Crippen LogP) is 5.51. The van der Waals surface area contributed by atoms with Crippen LogP contribution in [0.1, 0.15) is 60.4 Å². The Labute approximate surface area is 255 Å². The highest BCUT2D eigenvalue weighted by Crippen LogP contribution is 2.56. The van der Waals surface area contributed by atoms with Crippen LogP contribution in [0.3, 0.4) is 0 Å². The van der Waals surface area contributed by atoms with Gasteiger partial charge in [-0.05, 0) is 92.2 Å². The van der Waals surface area contributed by atoms with E-state index in [0.717, 1.165) is 25.7 Å². The molecule has 222 valence electrons. The summed E-state index contributed by atoms with van der Waals surface area (Å²) in [5.74, 6) is -1.64. The second-order valence-electron chi connectivity index (χ2n) is 13.0. The number of hydrogen-bond acceptors (Lipinski definition) is 6. The molecule has 3 saturated carbocycles. The molecule has 8 nitrogen and oxygen atoms in total. The summed E-state index contributed by atoms with van der Waals surface area (Å²) in [7, 11) is 0. The predicted molar refractivity (Wildman–Crippen MR) is 161 cm³/mol. The molecule has 5 aliphatic rings. The largest absolute Gasteiger partial charge is 0.423 e. The summed E-state index contributed by atoms with van der Waals surface area (Å²) in [5.41, 5.74) is 2.12. The van der Waals surface area contributed by atoms with E-state index in [-0.39, 0.29) is 76.4 Å². The van der Waals surface area contributed by atoms with Crippen LogP contribution in [-0.4, -0.2) is 29.6 Å². The Kier molecular flexibility index (Phi) is 6.29. The van der Waals surface area contributed by atoms with E-state index in [1.807, 2.05) is 18.2 Å². The first kappa shape index (κ1) is 27.0. The number of hydrogen-bond donors (Lipinski definition) is 0. The molecule has 2 saturated heterocycles. The monoisotopic (exact) mass is 588 g/mol. The lowest BCUT2D eigenvalue weighted by atomic mass is 9.73. The summed E-state index contributed by atoms with van der Waals surface area (Å²) >= 11 is 0. The van der Waals surface area contributed by atoms with Gasteiger partial charge in [-0.1, -0.05) is 42.5 Å². The molecule has 0 unspecified atom stereocenters. The van der Waals surface area contributed by atoms with Gasteiger partial charge in [-0.2, -0.15) is 0 Å². The Balaban J connectivity index is 0.989. The lowest BCUT2D eigenvalue weighted by molar-refractivity contribution is -0.124. The highest BCUT2D eigenvalue weighted by Gasteiger charge is 2.61. The molecule has 8 heteroatoms. The minimum Gasteiger partial charge on any atom is -0.423 e. The maximum Gasteiger partial charge on any atom is 0.343 e. The van der Waals surface area contributed by atoms with E-state index >= 15 is 0 Å². The fourth-order valence-electron chi connectivity index (χ4n) is 8.75. The number of carbonyl (C=O) groups is 5. The molecule has 2 aliphatic heterocycles. The Morgan fingerprint density at radius 3 is 1.98 bits per heavy atom. The van der Waals surface area contributed by atoms with Gasteiger partial charge in [0.05, 0.1) is 40.6 Å². The molecule has 0 spiro atoms. The first-order valence-electron chi connectivity index (χ1n) is 15.6. The summed E-state index contributed by atoms with van der Waals surface area (Å²) in [6.07, 6.45) is 5.08. The Bertz CT molecular complexity index is 1690. The number of benzene rings is 3. The first-order chi connectivity index (χ1) is 21.4. The van der Waals surface area contributed by atoms with E-state index in [0.29, 0.717) is 24.2 Å². The van der Waals surface area contributed by atoms with Crippen molar-refractivity contribution < 1.29 is 28.7 Å². The quantitative estimate of drug-likeness (QED) is 0.221. The minimum absolute atomic E-state index is 0.154. The van der Waals surface area contributed by atoms with Crippen LogP contribution in [0.25, 0.3) is 0 Å². The van der Waals surface area contributed by atoms with E-state index in [2.05, 4.69) is 12.1 Å². The lowest BCUT2D eigenvalue weighted by Gasteiger charge is -2.28. The van der Waals surface area contributed by atoms with Crippen LogP contribution < -0.4 is 14.5 Å². The normalized spacial score (nSPS) is 30.6. The van der Waals surface area contributed by atoms with Gasteiger partial charge in [-0.15, -0.1) is 0 Å². The molecular weight excluding hydrogens is 556 g/mol. The van der Waals surface area contributed by atoms with Gasteiger partial charge in [0, 0.05) is 6.07 Å². The van der Waals surface area contributed by atoms with Crippen molar-refractivity contribution in [3.05, 3.63) is 90.0 Å². The number of amides is 4. The Hall–Kier alpha value is -4.59. The second kappa shape index (κ2) is 10.3. The topological polar surface area (TPSA) is 101 Å². The molecule has 3 aliphatic carbocycles. The number of carbonyl (C=O) groups excluding carboxylic acids is 5. The Morgan fingerprint density at radius 2 is 1.25 bits per heavy atom. The van der Waals surface area contributed by atoms with E-state index in [1.54, 1.807) is 42.5 Å². The van der Waals surface area contributed by atoms with Crippen LogP contribution in [0.5, 0.6) is 5.75 Å². The van der Waals surface area contributed by atoms with Gasteiger partial charge < -0.3 is 4.74 Å². The molecule has 0 N–H and O–H groups in total. The number of esters is 1. The molecule has 2 bridgehead atoms. The average molecular weight is 589 g/mol. The number of fused-ring (bicyclic) bond motifs is 6. The van der Waals surface area contributed by atoms with E-state index < -0.39 is 5.97 Å². The van der Waals surface area contributed by atoms with Crippen molar-refractivity contribution >= 4 is 41.0 Å². The number of ether oxygens (including phenoxy) is 1. The molecule has 0 aromatic heterocycles. The molecule has 44 heavy (non-hydrogen) atoms. The second-order valence-corrected chi connectivity index (χ2v) is 13.0. The van der Waals surface area contributed by atoms with Crippen molar-refractivity contribution in [2.24, 2.45) is 35.5 Å². The highest BCUT2D eigenvalue weighted by atomic mass is 16.5. The van der Waals surface area contributed by atoms with Gasteiger partial charge in [0.2, 0.25) is 23.6 Å². The van der Waals surface area contributed by atoms with E-state index in [1.165, 1.54) is 21.4 Å². The number of anilines is 2. The third-order valence-corrected chi connectivity index (χ3v) is 10.8. The minimum atomic E-state index is -0.668. The van der Waals surface area contributed by atoms with Gasteiger partial charge in [-0.25, -0.2) is 9.69 Å². The first-order valence-corrected chi connectivity index (χ1v) is 15.6. The molecule has 2 heterocycles. The third kappa shape index (κ3) is 4.14. The van der Waals surface area contributed by atoms with Gasteiger partial charge in [-0.3, -0.25) is 24.1 Å². The van der Waals surface area contributed by atoms with E-state index in [4.69, 9.17) is 4.74 Å². The van der Waals surface area contributed by atoms with Gasteiger partial charge in [0.15, 0.2) is 0 Å².